The quantitative estimate of drug-likeness (QED) is 0.578. The van der Waals surface area contributed by atoms with Crippen molar-refractivity contribution in [1.29, 1.82) is 0 Å². The van der Waals surface area contributed by atoms with Gasteiger partial charge in [0.1, 0.15) is 11.6 Å². The number of rotatable bonds is 5. The van der Waals surface area contributed by atoms with E-state index in [1.54, 1.807) is 23.7 Å². The molecule has 1 N–H and O–H groups in total. The predicted molar refractivity (Wildman–Crippen MR) is 114 cm³/mol. The number of carbonyl (C=O) groups is 1. The van der Waals surface area contributed by atoms with Gasteiger partial charge in [-0.05, 0) is 49.4 Å². The standard InChI is InChI=1S/C23H24ClF2N3O/c1-14(19-11-16(25)8-9-20(19)26)22(30)27-13-18-12-21(23(2,3)4)28-29(18)17-7-5-6-15(24)10-17/h5-12,14H,13H2,1-4H3,(H,27,30). The number of nitrogens with zero attached hydrogens (tertiary/aromatic N) is 2. The molecular formula is C23H24ClF2N3O. The van der Waals surface area contributed by atoms with Gasteiger partial charge >= 0.3 is 0 Å². The number of halogens is 3. The van der Waals surface area contributed by atoms with E-state index in [0.29, 0.717) is 5.02 Å². The Morgan fingerprint density at radius 3 is 2.57 bits per heavy atom. The highest BCUT2D eigenvalue weighted by molar-refractivity contribution is 6.30. The van der Waals surface area contributed by atoms with Gasteiger partial charge in [0.15, 0.2) is 0 Å². The third-order valence-corrected chi connectivity index (χ3v) is 5.10. The monoisotopic (exact) mass is 431 g/mol. The van der Waals surface area contributed by atoms with Crippen LogP contribution in [0.2, 0.25) is 5.02 Å². The predicted octanol–water partition coefficient (Wildman–Crippen LogP) is 5.52. The molecule has 0 saturated heterocycles. The molecule has 30 heavy (non-hydrogen) atoms. The van der Waals surface area contributed by atoms with Crippen molar-refractivity contribution in [2.24, 2.45) is 0 Å². The summed E-state index contributed by atoms with van der Waals surface area (Å²) in [6.07, 6.45) is 0. The first-order valence-electron chi connectivity index (χ1n) is 9.64. The molecule has 2 aromatic carbocycles. The molecule has 3 rings (SSSR count). The maximum atomic E-state index is 14.0. The Kier molecular flexibility index (Phi) is 6.27. The van der Waals surface area contributed by atoms with Crippen LogP contribution in [-0.4, -0.2) is 15.7 Å². The van der Waals surface area contributed by atoms with Crippen LogP contribution in [0.1, 0.15) is 50.6 Å². The first-order chi connectivity index (χ1) is 14.1. The van der Waals surface area contributed by atoms with E-state index in [0.717, 1.165) is 35.3 Å². The van der Waals surface area contributed by atoms with Crippen LogP contribution in [0.5, 0.6) is 0 Å². The molecule has 3 aromatic rings. The van der Waals surface area contributed by atoms with Crippen molar-refractivity contribution in [3.05, 3.63) is 82.1 Å². The average molecular weight is 432 g/mol. The fourth-order valence-electron chi connectivity index (χ4n) is 3.06. The molecular weight excluding hydrogens is 408 g/mol. The van der Waals surface area contributed by atoms with E-state index in [1.165, 1.54) is 0 Å². The fraction of sp³-hybridized carbons (Fsp3) is 0.304. The Morgan fingerprint density at radius 2 is 1.90 bits per heavy atom. The van der Waals surface area contributed by atoms with Gasteiger partial charge in [0.25, 0.3) is 0 Å². The molecule has 4 nitrogen and oxygen atoms in total. The first kappa shape index (κ1) is 22.0. The highest BCUT2D eigenvalue weighted by Crippen LogP contribution is 2.25. The van der Waals surface area contributed by atoms with Crippen molar-refractivity contribution >= 4 is 17.5 Å². The summed E-state index contributed by atoms with van der Waals surface area (Å²) in [7, 11) is 0. The van der Waals surface area contributed by atoms with Gasteiger partial charge in [-0.3, -0.25) is 4.79 Å². The van der Waals surface area contributed by atoms with Crippen molar-refractivity contribution in [1.82, 2.24) is 15.1 Å². The molecule has 1 heterocycles. The van der Waals surface area contributed by atoms with Crippen molar-refractivity contribution in [3.8, 4) is 5.69 Å². The van der Waals surface area contributed by atoms with Crippen LogP contribution < -0.4 is 5.32 Å². The number of hydrogen-bond acceptors (Lipinski definition) is 2. The smallest absolute Gasteiger partial charge is 0.227 e. The Bertz CT molecular complexity index is 1070. The molecule has 0 aliphatic rings. The minimum atomic E-state index is -0.842. The lowest BCUT2D eigenvalue weighted by Gasteiger charge is -2.14. The Morgan fingerprint density at radius 1 is 1.17 bits per heavy atom. The summed E-state index contributed by atoms with van der Waals surface area (Å²) in [5.41, 5.74) is 2.21. The third-order valence-electron chi connectivity index (χ3n) is 4.87. The molecule has 0 spiro atoms. The number of aromatic nitrogens is 2. The number of nitrogens with one attached hydrogen (secondary N) is 1. The Balaban J connectivity index is 1.86. The van der Waals surface area contributed by atoms with E-state index in [9.17, 15) is 13.6 Å². The van der Waals surface area contributed by atoms with Gasteiger partial charge in [-0.2, -0.15) is 5.10 Å². The van der Waals surface area contributed by atoms with Crippen LogP contribution in [0.4, 0.5) is 8.78 Å². The molecule has 1 aromatic heterocycles. The zero-order valence-corrected chi connectivity index (χ0v) is 18.1. The number of hydrogen-bond donors (Lipinski definition) is 1. The molecule has 1 amide bonds. The highest BCUT2D eigenvalue weighted by Gasteiger charge is 2.23. The fourth-order valence-corrected chi connectivity index (χ4v) is 3.25. The van der Waals surface area contributed by atoms with E-state index >= 15 is 0 Å². The molecule has 1 unspecified atom stereocenters. The Labute approximate surface area is 179 Å². The van der Waals surface area contributed by atoms with E-state index in [-0.39, 0.29) is 17.5 Å². The Hall–Kier alpha value is -2.73. The van der Waals surface area contributed by atoms with Crippen molar-refractivity contribution < 1.29 is 13.6 Å². The van der Waals surface area contributed by atoms with Gasteiger partial charge in [-0.25, -0.2) is 13.5 Å². The lowest BCUT2D eigenvalue weighted by atomic mass is 9.92. The van der Waals surface area contributed by atoms with Crippen LogP contribution in [0.15, 0.2) is 48.5 Å². The maximum Gasteiger partial charge on any atom is 0.227 e. The summed E-state index contributed by atoms with van der Waals surface area (Å²) in [4.78, 5) is 12.6. The largest absolute Gasteiger partial charge is 0.350 e. The summed E-state index contributed by atoms with van der Waals surface area (Å²) < 4.78 is 29.3. The number of carbonyl (C=O) groups excluding carboxylic acids is 1. The van der Waals surface area contributed by atoms with E-state index in [4.69, 9.17) is 16.7 Å². The molecule has 0 fully saturated rings. The highest BCUT2D eigenvalue weighted by atomic mass is 35.5. The van der Waals surface area contributed by atoms with Crippen molar-refractivity contribution in [3.63, 3.8) is 0 Å². The SMILES string of the molecule is CC(C(=O)NCc1cc(C(C)(C)C)nn1-c1cccc(Cl)c1)c1cc(F)ccc1F. The maximum absolute atomic E-state index is 14.0. The minimum Gasteiger partial charge on any atom is -0.350 e. The van der Waals surface area contributed by atoms with Gasteiger partial charge < -0.3 is 5.32 Å². The third kappa shape index (κ3) is 4.87. The molecule has 0 radical (unpaired) electrons. The average Bonchev–Trinajstić information content (AvgIpc) is 3.12. The van der Waals surface area contributed by atoms with Crippen LogP contribution >= 0.6 is 11.6 Å². The summed E-state index contributed by atoms with van der Waals surface area (Å²) in [5.74, 6) is -2.45. The normalized spacial score (nSPS) is 12.6. The van der Waals surface area contributed by atoms with Crippen LogP contribution in [0.25, 0.3) is 5.69 Å². The van der Waals surface area contributed by atoms with Gasteiger partial charge in [0.05, 0.1) is 29.5 Å². The first-order valence-corrected chi connectivity index (χ1v) is 10.0. The summed E-state index contributed by atoms with van der Waals surface area (Å²) in [6.45, 7) is 7.87. The zero-order valence-electron chi connectivity index (χ0n) is 17.3. The van der Waals surface area contributed by atoms with E-state index in [1.807, 2.05) is 18.2 Å². The van der Waals surface area contributed by atoms with Crippen LogP contribution in [0, 0.1) is 11.6 Å². The van der Waals surface area contributed by atoms with Crippen LogP contribution in [-0.2, 0) is 16.8 Å². The minimum absolute atomic E-state index is 0.0197. The molecule has 0 saturated carbocycles. The molecule has 1 atom stereocenters. The van der Waals surface area contributed by atoms with E-state index in [2.05, 4.69) is 26.1 Å². The second-order valence-corrected chi connectivity index (χ2v) is 8.70. The van der Waals surface area contributed by atoms with E-state index < -0.39 is 23.5 Å². The van der Waals surface area contributed by atoms with Crippen molar-refractivity contribution in [2.75, 3.05) is 0 Å². The van der Waals surface area contributed by atoms with Crippen molar-refractivity contribution in [2.45, 2.75) is 45.6 Å². The summed E-state index contributed by atoms with van der Waals surface area (Å²) in [6, 6.07) is 12.3. The number of amides is 1. The zero-order chi connectivity index (χ0) is 22.1. The second kappa shape index (κ2) is 8.56. The van der Waals surface area contributed by atoms with Crippen LogP contribution in [0.3, 0.4) is 0 Å². The molecule has 158 valence electrons. The molecule has 0 aliphatic carbocycles. The lowest BCUT2D eigenvalue weighted by molar-refractivity contribution is -0.122. The second-order valence-electron chi connectivity index (χ2n) is 8.27. The number of benzene rings is 2. The summed E-state index contributed by atoms with van der Waals surface area (Å²) in [5, 5.41) is 8.08. The lowest BCUT2D eigenvalue weighted by Crippen LogP contribution is -2.29. The van der Waals surface area contributed by atoms with Gasteiger partial charge in [-0.15, -0.1) is 0 Å². The topological polar surface area (TPSA) is 46.9 Å². The van der Waals surface area contributed by atoms with Gasteiger partial charge in [0.2, 0.25) is 5.91 Å². The molecule has 0 bridgehead atoms. The summed E-state index contributed by atoms with van der Waals surface area (Å²) >= 11 is 6.13. The van der Waals surface area contributed by atoms with Gasteiger partial charge in [-0.1, -0.05) is 38.4 Å². The molecule has 0 aliphatic heterocycles. The molecule has 7 heteroatoms. The van der Waals surface area contributed by atoms with Gasteiger partial charge in [0, 0.05) is 16.0 Å².